The Morgan fingerprint density at radius 1 is 1.53 bits per heavy atom. The zero-order chi connectivity index (χ0) is 11.4. The molecule has 15 heavy (non-hydrogen) atoms. The van der Waals surface area contributed by atoms with Crippen LogP contribution in [0.25, 0.3) is 0 Å². The third kappa shape index (κ3) is 3.73. The predicted octanol–water partition coefficient (Wildman–Crippen LogP) is 2.20. The quantitative estimate of drug-likeness (QED) is 0.810. The summed E-state index contributed by atoms with van der Waals surface area (Å²) in [6.45, 7) is 6.11. The van der Waals surface area contributed by atoms with Gasteiger partial charge in [-0.05, 0) is 12.8 Å². The van der Waals surface area contributed by atoms with Crippen LogP contribution in [-0.2, 0) is 17.6 Å². The summed E-state index contributed by atoms with van der Waals surface area (Å²) >= 11 is 0. The van der Waals surface area contributed by atoms with Crippen molar-refractivity contribution in [2.45, 2.75) is 40.0 Å². The molecule has 0 saturated carbocycles. The van der Waals surface area contributed by atoms with Gasteiger partial charge in [0.1, 0.15) is 5.76 Å². The second-order valence-corrected chi connectivity index (χ2v) is 4.11. The molecule has 0 radical (unpaired) electrons. The van der Waals surface area contributed by atoms with E-state index in [0.29, 0.717) is 18.2 Å². The SMILES string of the molecule is Cc1nc(CCC(=O)O)oc1CC(C)C. The number of aliphatic carboxylic acids is 1. The van der Waals surface area contributed by atoms with Crippen LogP contribution in [0.15, 0.2) is 4.42 Å². The molecule has 0 spiro atoms. The predicted molar refractivity (Wildman–Crippen MR) is 55.7 cm³/mol. The molecule has 0 aliphatic carbocycles. The third-order valence-electron chi connectivity index (χ3n) is 2.08. The summed E-state index contributed by atoms with van der Waals surface area (Å²) < 4.78 is 5.50. The van der Waals surface area contributed by atoms with Crippen LogP contribution >= 0.6 is 0 Å². The van der Waals surface area contributed by atoms with Crippen LogP contribution in [0, 0.1) is 12.8 Å². The van der Waals surface area contributed by atoms with E-state index in [4.69, 9.17) is 9.52 Å². The highest BCUT2D eigenvalue weighted by Gasteiger charge is 2.11. The fourth-order valence-electron chi connectivity index (χ4n) is 1.37. The molecule has 0 aromatic carbocycles. The average molecular weight is 211 g/mol. The Hall–Kier alpha value is -1.32. The zero-order valence-electron chi connectivity index (χ0n) is 9.41. The highest BCUT2D eigenvalue weighted by Crippen LogP contribution is 2.15. The van der Waals surface area contributed by atoms with Crippen LogP contribution in [0.2, 0.25) is 0 Å². The summed E-state index contributed by atoms with van der Waals surface area (Å²) in [5.74, 6) is 1.11. The lowest BCUT2D eigenvalue weighted by molar-refractivity contribution is -0.137. The third-order valence-corrected chi connectivity index (χ3v) is 2.08. The number of aromatic nitrogens is 1. The molecule has 0 saturated heterocycles. The first-order chi connectivity index (χ1) is 6.99. The number of hydrogen-bond donors (Lipinski definition) is 1. The van der Waals surface area contributed by atoms with E-state index < -0.39 is 5.97 Å². The smallest absolute Gasteiger partial charge is 0.303 e. The molecular weight excluding hydrogens is 194 g/mol. The summed E-state index contributed by atoms with van der Waals surface area (Å²) in [5.41, 5.74) is 0.879. The molecule has 0 aliphatic rings. The first-order valence-electron chi connectivity index (χ1n) is 5.16. The molecule has 1 aromatic heterocycles. The van der Waals surface area contributed by atoms with Gasteiger partial charge in [-0.1, -0.05) is 13.8 Å². The van der Waals surface area contributed by atoms with E-state index >= 15 is 0 Å². The minimum absolute atomic E-state index is 0.0705. The van der Waals surface area contributed by atoms with E-state index in [1.54, 1.807) is 0 Å². The van der Waals surface area contributed by atoms with E-state index in [1.807, 2.05) is 6.92 Å². The summed E-state index contributed by atoms with van der Waals surface area (Å²) in [5, 5.41) is 8.53. The van der Waals surface area contributed by atoms with Gasteiger partial charge in [0.25, 0.3) is 0 Å². The van der Waals surface area contributed by atoms with Crippen LogP contribution in [-0.4, -0.2) is 16.1 Å². The maximum Gasteiger partial charge on any atom is 0.303 e. The van der Waals surface area contributed by atoms with Crippen LogP contribution in [0.5, 0.6) is 0 Å². The molecule has 1 heterocycles. The van der Waals surface area contributed by atoms with E-state index in [0.717, 1.165) is 17.9 Å². The van der Waals surface area contributed by atoms with Crippen molar-refractivity contribution < 1.29 is 14.3 Å². The van der Waals surface area contributed by atoms with Gasteiger partial charge in [0.05, 0.1) is 12.1 Å². The summed E-state index contributed by atoms with van der Waals surface area (Å²) in [7, 11) is 0. The first-order valence-corrected chi connectivity index (χ1v) is 5.16. The number of hydrogen-bond acceptors (Lipinski definition) is 3. The molecule has 1 aromatic rings. The van der Waals surface area contributed by atoms with Gasteiger partial charge in [0, 0.05) is 12.8 Å². The highest BCUT2D eigenvalue weighted by atomic mass is 16.4. The molecule has 4 heteroatoms. The van der Waals surface area contributed by atoms with Crippen molar-refractivity contribution in [3.63, 3.8) is 0 Å². The Morgan fingerprint density at radius 2 is 2.20 bits per heavy atom. The zero-order valence-corrected chi connectivity index (χ0v) is 9.41. The van der Waals surface area contributed by atoms with E-state index in [9.17, 15) is 4.79 Å². The van der Waals surface area contributed by atoms with Crippen molar-refractivity contribution in [2.75, 3.05) is 0 Å². The van der Waals surface area contributed by atoms with Crippen LogP contribution in [0.3, 0.4) is 0 Å². The molecule has 0 fully saturated rings. The van der Waals surface area contributed by atoms with E-state index in [1.165, 1.54) is 0 Å². The Balaban J connectivity index is 2.64. The van der Waals surface area contributed by atoms with Gasteiger partial charge in [0.2, 0.25) is 0 Å². The standard InChI is InChI=1S/C11H17NO3/c1-7(2)6-9-8(3)12-10(15-9)4-5-11(13)14/h7H,4-6H2,1-3H3,(H,13,14). The van der Waals surface area contributed by atoms with Gasteiger partial charge < -0.3 is 9.52 Å². The summed E-state index contributed by atoms with van der Waals surface area (Å²) in [6.07, 6.45) is 1.29. The molecule has 0 unspecified atom stereocenters. The van der Waals surface area contributed by atoms with Crippen LogP contribution in [0.4, 0.5) is 0 Å². The van der Waals surface area contributed by atoms with E-state index in [-0.39, 0.29) is 6.42 Å². The topological polar surface area (TPSA) is 63.3 Å². The number of carbonyl (C=O) groups is 1. The normalized spacial score (nSPS) is 10.9. The second-order valence-electron chi connectivity index (χ2n) is 4.11. The van der Waals surface area contributed by atoms with Gasteiger partial charge in [-0.25, -0.2) is 4.98 Å². The lowest BCUT2D eigenvalue weighted by Gasteiger charge is -2.00. The fourth-order valence-corrected chi connectivity index (χ4v) is 1.37. The molecule has 0 bridgehead atoms. The summed E-state index contributed by atoms with van der Waals surface area (Å²) in [4.78, 5) is 14.6. The van der Waals surface area contributed by atoms with Crippen molar-refractivity contribution in [1.29, 1.82) is 0 Å². The maximum atomic E-state index is 10.4. The number of rotatable bonds is 5. The van der Waals surface area contributed by atoms with Gasteiger partial charge in [-0.15, -0.1) is 0 Å². The number of aryl methyl sites for hydroxylation is 2. The van der Waals surface area contributed by atoms with Gasteiger partial charge in [-0.2, -0.15) is 0 Å². The molecule has 84 valence electrons. The molecule has 0 amide bonds. The molecule has 1 rings (SSSR count). The second kappa shape index (κ2) is 4.96. The van der Waals surface area contributed by atoms with E-state index in [2.05, 4.69) is 18.8 Å². The van der Waals surface area contributed by atoms with Crippen molar-refractivity contribution in [1.82, 2.24) is 4.98 Å². The monoisotopic (exact) mass is 211 g/mol. The van der Waals surface area contributed by atoms with Crippen LogP contribution < -0.4 is 0 Å². The van der Waals surface area contributed by atoms with Crippen molar-refractivity contribution in [2.24, 2.45) is 5.92 Å². The lowest BCUT2D eigenvalue weighted by Crippen LogP contribution is -1.97. The Labute approximate surface area is 89.3 Å². The molecule has 4 nitrogen and oxygen atoms in total. The van der Waals surface area contributed by atoms with Crippen molar-refractivity contribution in [3.05, 3.63) is 17.3 Å². The van der Waals surface area contributed by atoms with Crippen molar-refractivity contribution >= 4 is 5.97 Å². The maximum absolute atomic E-state index is 10.4. The molecular formula is C11H17NO3. The van der Waals surface area contributed by atoms with Gasteiger partial charge >= 0.3 is 5.97 Å². The summed E-state index contributed by atoms with van der Waals surface area (Å²) in [6, 6.07) is 0. The minimum atomic E-state index is -0.823. The Bertz CT molecular complexity index is 342. The molecule has 0 atom stereocenters. The largest absolute Gasteiger partial charge is 0.481 e. The molecule has 0 aliphatic heterocycles. The fraction of sp³-hybridized carbons (Fsp3) is 0.636. The first kappa shape index (κ1) is 11.8. The molecule has 1 N–H and O–H groups in total. The lowest BCUT2D eigenvalue weighted by atomic mass is 10.1. The van der Waals surface area contributed by atoms with Gasteiger partial charge in [-0.3, -0.25) is 4.79 Å². The number of oxazole rings is 1. The van der Waals surface area contributed by atoms with Crippen LogP contribution in [0.1, 0.15) is 37.6 Å². The average Bonchev–Trinajstić information content (AvgIpc) is 2.43. The Morgan fingerprint density at radius 3 is 2.73 bits per heavy atom. The number of carboxylic acid groups (broad SMARTS) is 1. The van der Waals surface area contributed by atoms with Gasteiger partial charge in [0.15, 0.2) is 5.89 Å². The minimum Gasteiger partial charge on any atom is -0.481 e. The number of carboxylic acids is 1. The Kier molecular flexibility index (Phi) is 3.88. The number of nitrogens with zero attached hydrogens (tertiary/aromatic N) is 1. The van der Waals surface area contributed by atoms with Crippen molar-refractivity contribution in [3.8, 4) is 0 Å². The highest BCUT2D eigenvalue weighted by molar-refractivity contribution is 5.66.